The van der Waals surface area contributed by atoms with E-state index in [4.69, 9.17) is 11.6 Å². The molecule has 0 saturated carbocycles. The van der Waals surface area contributed by atoms with Crippen LogP contribution < -0.4 is 5.32 Å². The Morgan fingerprint density at radius 3 is 2.64 bits per heavy atom. The number of anilines is 1. The maximum atomic E-state index is 12.4. The van der Waals surface area contributed by atoms with Crippen molar-refractivity contribution >= 4 is 39.7 Å². The SMILES string of the molecule is O=C(Nc1nc(C(F)(F)F)cs1)c1cc([N+](=O)[O-])ccc1Cl. The van der Waals surface area contributed by atoms with Crippen LogP contribution in [0.2, 0.25) is 5.02 Å². The van der Waals surface area contributed by atoms with E-state index >= 15 is 0 Å². The quantitative estimate of drug-likeness (QED) is 0.669. The molecule has 0 aliphatic rings. The number of carbonyl (C=O) groups is 1. The molecule has 22 heavy (non-hydrogen) atoms. The van der Waals surface area contributed by atoms with Gasteiger partial charge in [-0.05, 0) is 6.07 Å². The maximum Gasteiger partial charge on any atom is 0.434 e. The average molecular weight is 352 g/mol. The molecule has 1 aromatic heterocycles. The first kappa shape index (κ1) is 16.2. The molecular formula is C11H5ClF3N3O3S. The van der Waals surface area contributed by atoms with Crippen molar-refractivity contribution in [2.45, 2.75) is 6.18 Å². The Balaban J connectivity index is 2.24. The summed E-state index contributed by atoms with van der Waals surface area (Å²) in [6.45, 7) is 0. The molecule has 0 fully saturated rings. The lowest BCUT2D eigenvalue weighted by Gasteiger charge is -2.04. The topological polar surface area (TPSA) is 85.1 Å². The summed E-state index contributed by atoms with van der Waals surface area (Å²) < 4.78 is 37.2. The summed E-state index contributed by atoms with van der Waals surface area (Å²) in [5.74, 6) is -0.892. The number of benzene rings is 1. The third-order valence-corrected chi connectivity index (χ3v) is 3.51. The van der Waals surface area contributed by atoms with Gasteiger partial charge in [-0.15, -0.1) is 11.3 Å². The molecule has 116 valence electrons. The summed E-state index contributed by atoms with van der Waals surface area (Å²) in [5.41, 5.74) is -1.75. The number of nitrogens with zero attached hydrogens (tertiary/aromatic N) is 2. The Hall–Kier alpha value is -2.20. The Morgan fingerprint density at radius 1 is 1.41 bits per heavy atom. The molecule has 0 aliphatic heterocycles. The van der Waals surface area contributed by atoms with Crippen LogP contribution in [0.25, 0.3) is 0 Å². The van der Waals surface area contributed by atoms with Gasteiger partial charge >= 0.3 is 6.18 Å². The van der Waals surface area contributed by atoms with Crippen molar-refractivity contribution < 1.29 is 22.9 Å². The molecular weight excluding hydrogens is 347 g/mol. The molecule has 1 N–H and O–H groups in total. The predicted octanol–water partition coefficient (Wildman–Crippen LogP) is 3.98. The van der Waals surface area contributed by atoms with Crippen molar-refractivity contribution in [2.75, 3.05) is 5.32 Å². The highest BCUT2D eigenvalue weighted by Gasteiger charge is 2.34. The molecule has 6 nitrogen and oxygen atoms in total. The van der Waals surface area contributed by atoms with E-state index in [1.807, 2.05) is 0 Å². The van der Waals surface area contributed by atoms with Crippen molar-refractivity contribution in [3.63, 3.8) is 0 Å². The van der Waals surface area contributed by atoms with E-state index in [9.17, 15) is 28.1 Å². The second-order valence-corrected chi connectivity index (χ2v) is 5.18. The number of aromatic nitrogens is 1. The number of hydrogen-bond donors (Lipinski definition) is 1. The Morgan fingerprint density at radius 2 is 2.09 bits per heavy atom. The lowest BCUT2D eigenvalue weighted by atomic mass is 10.2. The zero-order valence-corrected chi connectivity index (χ0v) is 11.9. The summed E-state index contributed by atoms with van der Waals surface area (Å²) in [4.78, 5) is 25.1. The standard InChI is InChI=1S/C11H5ClF3N3O3S/c12-7-2-1-5(18(20)21)3-6(7)9(19)17-10-16-8(4-22-10)11(13,14)15/h1-4H,(H,16,17,19). The summed E-state index contributed by atoms with van der Waals surface area (Å²) in [5, 5.41) is 13.1. The van der Waals surface area contributed by atoms with Gasteiger partial charge in [-0.2, -0.15) is 13.2 Å². The third-order valence-electron chi connectivity index (χ3n) is 2.42. The zero-order chi connectivity index (χ0) is 16.5. The van der Waals surface area contributed by atoms with Gasteiger partial charge in [-0.1, -0.05) is 11.6 Å². The van der Waals surface area contributed by atoms with Crippen molar-refractivity contribution in [2.24, 2.45) is 0 Å². The number of nitrogens with one attached hydrogen (secondary N) is 1. The summed E-state index contributed by atoms with van der Waals surface area (Å²) in [6, 6.07) is 3.18. The number of nitro benzene ring substituents is 1. The van der Waals surface area contributed by atoms with Gasteiger partial charge in [-0.3, -0.25) is 20.2 Å². The normalized spacial score (nSPS) is 11.3. The molecule has 0 radical (unpaired) electrons. The molecule has 2 rings (SSSR count). The minimum absolute atomic E-state index is 0.0734. The maximum absolute atomic E-state index is 12.4. The lowest BCUT2D eigenvalue weighted by Crippen LogP contribution is -2.13. The highest BCUT2D eigenvalue weighted by atomic mass is 35.5. The first-order valence-corrected chi connectivity index (χ1v) is 6.72. The first-order valence-electron chi connectivity index (χ1n) is 5.46. The Labute approximate surface area is 129 Å². The number of hydrogen-bond acceptors (Lipinski definition) is 5. The van der Waals surface area contributed by atoms with E-state index in [-0.39, 0.29) is 21.4 Å². The van der Waals surface area contributed by atoms with Crippen molar-refractivity contribution in [1.82, 2.24) is 4.98 Å². The number of carbonyl (C=O) groups excluding carboxylic acids is 1. The van der Waals surface area contributed by atoms with Gasteiger partial charge in [0.25, 0.3) is 11.6 Å². The lowest BCUT2D eigenvalue weighted by molar-refractivity contribution is -0.384. The highest BCUT2D eigenvalue weighted by Crippen LogP contribution is 2.32. The summed E-state index contributed by atoms with van der Waals surface area (Å²) in [6.07, 6.45) is -4.62. The molecule has 0 bridgehead atoms. The highest BCUT2D eigenvalue weighted by molar-refractivity contribution is 7.14. The van der Waals surface area contributed by atoms with Crippen LogP contribution in [0.15, 0.2) is 23.6 Å². The fraction of sp³-hybridized carbons (Fsp3) is 0.0909. The van der Waals surface area contributed by atoms with Crippen LogP contribution in [0, 0.1) is 10.1 Å². The first-order chi connectivity index (χ1) is 10.2. The van der Waals surface area contributed by atoms with Crippen LogP contribution in [0.5, 0.6) is 0 Å². The van der Waals surface area contributed by atoms with Gasteiger partial charge in [0.2, 0.25) is 0 Å². The summed E-state index contributed by atoms with van der Waals surface area (Å²) in [7, 11) is 0. The van der Waals surface area contributed by atoms with Crippen LogP contribution in [-0.2, 0) is 6.18 Å². The molecule has 0 unspecified atom stereocenters. The molecule has 0 atom stereocenters. The van der Waals surface area contributed by atoms with Gasteiger partial charge in [0, 0.05) is 17.5 Å². The largest absolute Gasteiger partial charge is 0.434 e. The second-order valence-electron chi connectivity index (χ2n) is 3.91. The number of non-ortho nitro benzene ring substituents is 1. The van der Waals surface area contributed by atoms with Crippen molar-refractivity contribution in [3.8, 4) is 0 Å². The van der Waals surface area contributed by atoms with Gasteiger partial charge in [0.15, 0.2) is 10.8 Å². The van der Waals surface area contributed by atoms with Crippen molar-refractivity contribution in [1.29, 1.82) is 0 Å². The van der Waals surface area contributed by atoms with E-state index in [2.05, 4.69) is 10.3 Å². The predicted molar refractivity (Wildman–Crippen MR) is 73.2 cm³/mol. The zero-order valence-electron chi connectivity index (χ0n) is 10.3. The van der Waals surface area contributed by atoms with Crippen LogP contribution >= 0.6 is 22.9 Å². The molecule has 0 spiro atoms. The molecule has 1 heterocycles. The average Bonchev–Trinajstić information content (AvgIpc) is 2.87. The van der Waals surface area contributed by atoms with E-state index in [0.29, 0.717) is 11.3 Å². The van der Waals surface area contributed by atoms with Crippen LogP contribution in [0.3, 0.4) is 0 Å². The molecule has 2 aromatic rings. The van der Waals surface area contributed by atoms with Gasteiger partial charge in [0.05, 0.1) is 15.5 Å². The fourth-order valence-electron chi connectivity index (χ4n) is 1.43. The smallest absolute Gasteiger partial charge is 0.298 e. The van der Waals surface area contributed by atoms with Gasteiger partial charge in [-0.25, -0.2) is 4.98 Å². The minimum atomic E-state index is -4.62. The van der Waals surface area contributed by atoms with E-state index in [1.54, 1.807) is 0 Å². The van der Waals surface area contributed by atoms with Crippen LogP contribution in [0.1, 0.15) is 16.1 Å². The van der Waals surface area contributed by atoms with Crippen LogP contribution in [0.4, 0.5) is 24.0 Å². The number of halogens is 4. The van der Waals surface area contributed by atoms with E-state index in [1.165, 1.54) is 0 Å². The molecule has 11 heteroatoms. The minimum Gasteiger partial charge on any atom is -0.298 e. The van der Waals surface area contributed by atoms with Gasteiger partial charge < -0.3 is 0 Å². The van der Waals surface area contributed by atoms with Gasteiger partial charge in [0.1, 0.15) is 0 Å². The number of nitro groups is 1. The molecule has 1 aromatic carbocycles. The van der Waals surface area contributed by atoms with Crippen molar-refractivity contribution in [3.05, 3.63) is 50.0 Å². The number of amides is 1. The third kappa shape index (κ3) is 3.52. The number of alkyl halides is 3. The Kier molecular flexibility index (Phi) is 4.33. The fourth-order valence-corrected chi connectivity index (χ4v) is 2.34. The molecule has 1 amide bonds. The number of rotatable bonds is 3. The van der Waals surface area contributed by atoms with E-state index in [0.717, 1.165) is 23.6 Å². The van der Waals surface area contributed by atoms with Crippen LogP contribution in [-0.4, -0.2) is 15.8 Å². The monoisotopic (exact) mass is 351 g/mol. The Bertz CT molecular complexity index is 748. The number of thiazole rings is 1. The van der Waals surface area contributed by atoms with E-state index < -0.39 is 22.7 Å². The molecule has 0 aliphatic carbocycles. The molecule has 0 saturated heterocycles. The second kappa shape index (κ2) is 5.89. The summed E-state index contributed by atoms with van der Waals surface area (Å²) >= 11 is 6.34.